The molecule has 0 aliphatic heterocycles. The lowest BCUT2D eigenvalue weighted by atomic mass is 10.0. The number of carbonyl (C=O) groups is 4. The minimum atomic E-state index is -4.95. The van der Waals surface area contributed by atoms with Crippen LogP contribution in [0.15, 0.2) is 0 Å². The van der Waals surface area contributed by atoms with Gasteiger partial charge in [-0.15, -0.1) is 0 Å². The molecule has 2 unspecified atom stereocenters. The van der Waals surface area contributed by atoms with Crippen LogP contribution < -0.4 is 0 Å². The van der Waals surface area contributed by atoms with E-state index in [0.29, 0.717) is 25.7 Å². The Bertz CT molecular complexity index is 1770. The van der Waals surface area contributed by atoms with Gasteiger partial charge in [-0.2, -0.15) is 0 Å². The highest BCUT2D eigenvalue weighted by Gasteiger charge is 2.30. The number of carbonyl (C=O) groups excluding carboxylic acids is 4. The van der Waals surface area contributed by atoms with Gasteiger partial charge in [-0.3, -0.25) is 37.3 Å². The average Bonchev–Trinajstić information content (AvgIpc) is 3.71. The molecule has 0 aliphatic rings. The van der Waals surface area contributed by atoms with Crippen molar-refractivity contribution in [1.29, 1.82) is 0 Å². The lowest BCUT2D eigenvalue weighted by Crippen LogP contribution is -2.30. The number of phosphoric ester groups is 2. The first kappa shape index (κ1) is 89.1. The number of aliphatic hydroxyl groups is 1. The van der Waals surface area contributed by atoms with E-state index in [1.54, 1.807) is 0 Å². The van der Waals surface area contributed by atoms with Crippen LogP contribution in [0.3, 0.4) is 0 Å². The van der Waals surface area contributed by atoms with Crippen LogP contribution in [0.4, 0.5) is 0 Å². The van der Waals surface area contributed by atoms with E-state index in [4.69, 9.17) is 37.0 Å². The van der Waals surface area contributed by atoms with Crippen molar-refractivity contribution in [3.8, 4) is 0 Å². The summed E-state index contributed by atoms with van der Waals surface area (Å²) in [6.07, 6.45) is 50.3. The van der Waals surface area contributed by atoms with E-state index in [1.165, 1.54) is 180 Å². The average molecular weight is 1340 g/mol. The number of unbranched alkanes of at least 4 members (excludes halogenated alkanes) is 41. The molecule has 0 bridgehead atoms. The summed E-state index contributed by atoms with van der Waals surface area (Å²) in [5.41, 5.74) is 0. The highest BCUT2D eigenvalue weighted by Crippen LogP contribution is 2.45. The molecule has 0 fully saturated rings. The van der Waals surface area contributed by atoms with E-state index in [-0.39, 0.29) is 25.7 Å². The highest BCUT2D eigenvalue weighted by atomic mass is 31.2. The first-order valence-corrected chi connectivity index (χ1v) is 40.5. The summed E-state index contributed by atoms with van der Waals surface area (Å²) < 4.78 is 68.2. The Balaban J connectivity index is 5.15. The molecule has 91 heavy (non-hydrogen) atoms. The van der Waals surface area contributed by atoms with Gasteiger partial charge in [0.15, 0.2) is 12.2 Å². The van der Waals surface area contributed by atoms with Gasteiger partial charge in [0.1, 0.15) is 19.3 Å². The fraction of sp³-hybridized carbons (Fsp3) is 0.944. The van der Waals surface area contributed by atoms with Crippen molar-refractivity contribution < 1.29 is 80.2 Å². The quantitative estimate of drug-likeness (QED) is 0.0222. The predicted molar refractivity (Wildman–Crippen MR) is 368 cm³/mol. The van der Waals surface area contributed by atoms with E-state index >= 15 is 0 Å². The maximum absolute atomic E-state index is 13.0. The summed E-state index contributed by atoms with van der Waals surface area (Å²) in [6, 6.07) is 0. The molecule has 0 heterocycles. The Kier molecular flexibility index (Phi) is 62.7. The molecule has 0 radical (unpaired) electrons. The third kappa shape index (κ3) is 66.5. The first-order chi connectivity index (χ1) is 43.9. The summed E-state index contributed by atoms with van der Waals surface area (Å²) in [5, 5.41) is 10.6. The highest BCUT2D eigenvalue weighted by molar-refractivity contribution is 7.47. The summed E-state index contributed by atoms with van der Waals surface area (Å²) in [6.45, 7) is 9.51. The van der Waals surface area contributed by atoms with Gasteiger partial charge in [0.05, 0.1) is 26.4 Å². The fourth-order valence-electron chi connectivity index (χ4n) is 10.9. The molecule has 540 valence electrons. The zero-order chi connectivity index (χ0) is 67.2. The van der Waals surface area contributed by atoms with Crippen LogP contribution in [0.5, 0.6) is 0 Å². The lowest BCUT2D eigenvalue weighted by molar-refractivity contribution is -0.161. The van der Waals surface area contributed by atoms with Crippen molar-refractivity contribution in [2.45, 2.75) is 387 Å². The summed E-state index contributed by atoms with van der Waals surface area (Å²) in [7, 11) is -9.89. The number of aliphatic hydroxyl groups excluding tert-OH is 1. The van der Waals surface area contributed by atoms with Crippen molar-refractivity contribution in [2.24, 2.45) is 11.8 Å². The molecular formula is C72H140O17P2. The van der Waals surface area contributed by atoms with E-state index in [1.807, 2.05) is 0 Å². The van der Waals surface area contributed by atoms with Gasteiger partial charge in [0.25, 0.3) is 0 Å². The van der Waals surface area contributed by atoms with Gasteiger partial charge < -0.3 is 33.8 Å². The molecular weight excluding hydrogens is 1200 g/mol. The van der Waals surface area contributed by atoms with Crippen molar-refractivity contribution >= 4 is 39.5 Å². The monoisotopic (exact) mass is 1340 g/mol. The largest absolute Gasteiger partial charge is 0.472 e. The molecule has 0 saturated carbocycles. The fourth-order valence-corrected chi connectivity index (χ4v) is 12.5. The topological polar surface area (TPSA) is 237 Å². The standard InChI is InChI=1S/C72H140O17P2/c1-7-9-11-13-14-15-16-17-22-27-33-38-44-50-56-71(76)88-67(60-82-69(74)54-48-40-12-10-8-2)62-86-90(78,79)84-58-66(73)59-85-91(80,81)87-63-68(61-83-70(75)55-49-43-37-32-29-24-26-31-36-42-47-53-65(5)6)89-72(77)57-51-45-39-34-28-23-20-18-19-21-25-30-35-41-46-52-64(3)4/h64-68,73H,7-63H2,1-6H3,(H,78,79)(H,80,81)/t66-,67+,68+/m0/s1. The Morgan fingerprint density at radius 1 is 0.297 bits per heavy atom. The zero-order valence-corrected chi connectivity index (χ0v) is 60.9. The second kappa shape index (κ2) is 64.1. The van der Waals surface area contributed by atoms with Crippen LogP contribution in [0.25, 0.3) is 0 Å². The van der Waals surface area contributed by atoms with E-state index in [2.05, 4.69) is 41.5 Å². The number of esters is 4. The minimum Gasteiger partial charge on any atom is -0.462 e. The van der Waals surface area contributed by atoms with Crippen LogP contribution in [-0.4, -0.2) is 96.7 Å². The maximum Gasteiger partial charge on any atom is 0.472 e. The minimum absolute atomic E-state index is 0.107. The Labute approximate surface area is 556 Å². The van der Waals surface area contributed by atoms with Gasteiger partial charge in [0, 0.05) is 25.7 Å². The van der Waals surface area contributed by atoms with Crippen molar-refractivity contribution in [3.63, 3.8) is 0 Å². The van der Waals surface area contributed by atoms with E-state index in [9.17, 15) is 43.2 Å². The van der Waals surface area contributed by atoms with E-state index in [0.717, 1.165) is 108 Å². The van der Waals surface area contributed by atoms with Gasteiger partial charge in [0.2, 0.25) is 0 Å². The molecule has 3 N–H and O–H groups in total. The zero-order valence-electron chi connectivity index (χ0n) is 59.1. The summed E-state index contributed by atoms with van der Waals surface area (Å²) in [5.74, 6) is -0.557. The molecule has 5 atom stereocenters. The molecule has 0 rings (SSSR count). The van der Waals surface area contributed by atoms with Crippen LogP contribution in [0.1, 0.15) is 369 Å². The van der Waals surface area contributed by atoms with Crippen LogP contribution >= 0.6 is 15.6 Å². The molecule has 19 heteroatoms. The lowest BCUT2D eigenvalue weighted by Gasteiger charge is -2.21. The second-order valence-electron chi connectivity index (χ2n) is 26.9. The van der Waals surface area contributed by atoms with Gasteiger partial charge >= 0.3 is 39.5 Å². The summed E-state index contributed by atoms with van der Waals surface area (Å²) >= 11 is 0. The molecule has 0 spiro atoms. The second-order valence-corrected chi connectivity index (χ2v) is 29.8. The Hall–Kier alpha value is -1.94. The molecule has 0 aromatic rings. The molecule has 0 aromatic carbocycles. The predicted octanol–water partition coefficient (Wildman–Crippen LogP) is 20.8. The van der Waals surface area contributed by atoms with Crippen LogP contribution in [-0.2, 0) is 65.4 Å². The maximum atomic E-state index is 13.0. The number of hydrogen-bond donors (Lipinski definition) is 3. The number of ether oxygens (including phenoxy) is 4. The van der Waals surface area contributed by atoms with Crippen LogP contribution in [0, 0.1) is 11.8 Å². The molecule has 0 saturated heterocycles. The third-order valence-electron chi connectivity index (χ3n) is 16.7. The number of rotatable bonds is 71. The first-order valence-electron chi connectivity index (χ1n) is 37.5. The number of phosphoric acid groups is 2. The van der Waals surface area contributed by atoms with Gasteiger partial charge in [-0.05, 0) is 37.5 Å². The van der Waals surface area contributed by atoms with Gasteiger partial charge in [-0.1, -0.05) is 318 Å². The Morgan fingerprint density at radius 3 is 0.747 bits per heavy atom. The van der Waals surface area contributed by atoms with Crippen LogP contribution in [0.2, 0.25) is 0 Å². The molecule has 17 nitrogen and oxygen atoms in total. The summed E-state index contributed by atoms with van der Waals surface area (Å²) in [4.78, 5) is 72.4. The van der Waals surface area contributed by atoms with Crippen molar-refractivity contribution in [1.82, 2.24) is 0 Å². The number of hydrogen-bond acceptors (Lipinski definition) is 15. The molecule has 0 aromatic heterocycles. The van der Waals surface area contributed by atoms with E-state index < -0.39 is 97.5 Å². The molecule has 0 aliphatic carbocycles. The van der Waals surface area contributed by atoms with Gasteiger partial charge in [-0.25, -0.2) is 9.13 Å². The van der Waals surface area contributed by atoms with Crippen molar-refractivity contribution in [2.75, 3.05) is 39.6 Å². The SMILES string of the molecule is CCCCCCCCCCCCCCCCC(=O)O[C@H](COC(=O)CCCCCCC)COP(=O)(O)OC[C@H](O)COP(=O)(O)OC[C@@H](COC(=O)CCCCCCCCCCCCCC(C)C)OC(=O)CCCCCCCCCCCCCCCCCC(C)C. The molecule has 0 amide bonds. The normalized spacial score (nSPS) is 14.1. The Morgan fingerprint density at radius 2 is 0.505 bits per heavy atom. The smallest absolute Gasteiger partial charge is 0.462 e. The third-order valence-corrected chi connectivity index (χ3v) is 18.6. The van der Waals surface area contributed by atoms with Crippen molar-refractivity contribution in [3.05, 3.63) is 0 Å².